The first-order chi connectivity index (χ1) is 10.8. The molecule has 0 aromatic carbocycles. The topological polar surface area (TPSA) is 74.0 Å². The van der Waals surface area contributed by atoms with Gasteiger partial charge in [-0.3, -0.25) is 4.79 Å². The summed E-state index contributed by atoms with van der Waals surface area (Å²) in [6.45, 7) is 5.24. The van der Waals surface area contributed by atoms with E-state index in [2.05, 4.69) is 10.1 Å². The molecule has 0 unspecified atom stereocenters. The minimum Gasteiger partial charge on any atom is -0.387 e. The average Bonchev–Trinajstić information content (AvgIpc) is 3.00. The Morgan fingerprint density at radius 3 is 2.83 bits per heavy atom. The van der Waals surface area contributed by atoms with Gasteiger partial charge in [0.05, 0.1) is 17.8 Å². The van der Waals surface area contributed by atoms with Crippen molar-refractivity contribution in [1.29, 1.82) is 0 Å². The van der Waals surface area contributed by atoms with Gasteiger partial charge in [-0.25, -0.2) is 9.50 Å². The fourth-order valence-electron chi connectivity index (χ4n) is 3.26. The summed E-state index contributed by atoms with van der Waals surface area (Å²) in [4.78, 5) is 20.8. The van der Waals surface area contributed by atoms with Crippen molar-refractivity contribution in [1.82, 2.24) is 24.4 Å². The van der Waals surface area contributed by atoms with Gasteiger partial charge in [0.25, 0.3) is 5.91 Å². The van der Waals surface area contributed by atoms with E-state index in [0.29, 0.717) is 37.4 Å². The molecular formula is C16H23N5O2. The number of nitrogens with zero attached hydrogens (tertiary/aromatic N) is 5. The van der Waals surface area contributed by atoms with E-state index in [1.165, 1.54) is 0 Å². The number of β-amino-alcohol motifs (C(OH)–C–C–N with tert-alkyl or cyclic N) is 1. The quantitative estimate of drug-likeness (QED) is 0.891. The van der Waals surface area contributed by atoms with Crippen LogP contribution in [0.5, 0.6) is 0 Å². The second kappa shape index (κ2) is 5.58. The van der Waals surface area contributed by atoms with Crippen molar-refractivity contribution in [3.8, 4) is 0 Å². The molecule has 2 aromatic heterocycles. The number of hydrogen-bond acceptors (Lipinski definition) is 5. The molecule has 1 saturated heterocycles. The first-order valence-corrected chi connectivity index (χ1v) is 7.78. The van der Waals surface area contributed by atoms with Crippen LogP contribution in [0.4, 0.5) is 0 Å². The van der Waals surface area contributed by atoms with E-state index >= 15 is 0 Å². The molecule has 1 aliphatic heterocycles. The third-order valence-corrected chi connectivity index (χ3v) is 4.18. The van der Waals surface area contributed by atoms with Crippen molar-refractivity contribution < 1.29 is 9.90 Å². The summed E-state index contributed by atoms with van der Waals surface area (Å²) >= 11 is 0. The van der Waals surface area contributed by atoms with Crippen molar-refractivity contribution in [3.63, 3.8) is 0 Å². The molecule has 0 bridgehead atoms. The number of carbonyl (C=O) groups excluding carboxylic acids is 1. The smallest absolute Gasteiger partial charge is 0.272 e. The van der Waals surface area contributed by atoms with Crippen LogP contribution < -0.4 is 0 Å². The fourth-order valence-corrected chi connectivity index (χ4v) is 3.26. The molecule has 3 heterocycles. The number of amides is 1. The molecule has 124 valence electrons. The molecule has 1 fully saturated rings. The normalized spacial score (nSPS) is 21.6. The van der Waals surface area contributed by atoms with Crippen molar-refractivity contribution in [2.75, 3.05) is 33.7 Å². The standard InChI is InChI=1S/C16H23N5O2/c1-11-7-14-17-13(8-12(2)21(14)18-11)15(22)20-6-5-16(23,10-20)9-19(3)4/h7-8,23H,5-6,9-10H2,1-4H3/t16-/m1/s1. The van der Waals surface area contributed by atoms with Gasteiger partial charge in [0.2, 0.25) is 0 Å². The van der Waals surface area contributed by atoms with Gasteiger partial charge in [-0.15, -0.1) is 0 Å². The van der Waals surface area contributed by atoms with Crippen LogP contribution in [0.25, 0.3) is 5.65 Å². The predicted octanol–water partition coefficient (Wildman–Crippen LogP) is 0.485. The maximum atomic E-state index is 12.7. The molecule has 1 N–H and O–H groups in total. The zero-order valence-electron chi connectivity index (χ0n) is 14.1. The minimum absolute atomic E-state index is 0.135. The molecule has 1 atom stereocenters. The van der Waals surface area contributed by atoms with E-state index in [0.717, 1.165) is 11.4 Å². The molecule has 7 heteroatoms. The highest BCUT2D eigenvalue weighted by molar-refractivity contribution is 5.93. The van der Waals surface area contributed by atoms with E-state index in [4.69, 9.17) is 0 Å². The van der Waals surface area contributed by atoms with Gasteiger partial charge in [0.1, 0.15) is 5.69 Å². The molecule has 23 heavy (non-hydrogen) atoms. The Morgan fingerprint density at radius 1 is 1.39 bits per heavy atom. The molecule has 0 aliphatic carbocycles. The van der Waals surface area contributed by atoms with Gasteiger partial charge < -0.3 is 14.9 Å². The van der Waals surface area contributed by atoms with Crippen LogP contribution in [0.15, 0.2) is 12.1 Å². The molecule has 2 aromatic rings. The summed E-state index contributed by atoms with van der Waals surface area (Å²) in [7, 11) is 3.84. The molecule has 0 radical (unpaired) electrons. The highest BCUT2D eigenvalue weighted by Crippen LogP contribution is 2.23. The van der Waals surface area contributed by atoms with Gasteiger partial charge in [-0.1, -0.05) is 0 Å². The SMILES string of the molecule is Cc1cc2nc(C(=O)N3CC[C@@](O)(CN(C)C)C3)cc(C)n2n1. The van der Waals surface area contributed by atoms with Crippen LogP contribution in [0.3, 0.4) is 0 Å². The van der Waals surface area contributed by atoms with Gasteiger partial charge in [0, 0.05) is 24.8 Å². The lowest BCUT2D eigenvalue weighted by Gasteiger charge is -2.26. The maximum Gasteiger partial charge on any atom is 0.272 e. The lowest BCUT2D eigenvalue weighted by Crippen LogP contribution is -2.43. The zero-order chi connectivity index (χ0) is 16.8. The Morgan fingerprint density at radius 2 is 2.13 bits per heavy atom. The fraction of sp³-hybridized carbons (Fsp3) is 0.562. The summed E-state index contributed by atoms with van der Waals surface area (Å²) in [5, 5.41) is 14.9. The average molecular weight is 317 g/mol. The molecular weight excluding hydrogens is 294 g/mol. The highest BCUT2D eigenvalue weighted by atomic mass is 16.3. The van der Waals surface area contributed by atoms with E-state index in [9.17, 15) is 9.90 Å². The largest absolute Gasteiger partial charge is 0.387 e. The van der Waals surface area contributed by atoms with Crippen LogP contribution in [-0.2, 0) is 0 Å². The van der Waals surface area contributed by atoms with Gasteiger partial charge >= 0.3 is 0 Å². The highest BCUT2D eigenvalue weighted by Gasteiger charge is 2.39. The molecule has 0 spiro atoms. The number of aromatic nitrogens is 3. The second-order valence-electron chi connectivity index (χ2n) is 6.78. The van der Waals surface area contributed by atoms with E-state index in [-0.39, 0.29) is 5.91 Å². The van der Waals surface area contributed by atoms with Gasteiger partial charge in [0.15, 0.2) is 5.65 Å². The Bertz CT molecular complexity index is 754. The third kappa shape index (κ3) is 3.07. The predicted molar refractivity (Wildman–Crippen MR) is 86.5 cm³/mol. The number of fused-ring (bicyclic) bond motifs is 1. The Kier molecular flexibility index (Phi) is 3.85. The summed E-state index contributed by atoms with van der Waals surface area (Å²) in [6, 6.07) is 3.61. The first-order valence-electron chi connectivity index (χ1n) is 7.78. The van der Waals surface area contributed by atoms with Gasteiger partial charge in [-0.2, -0.15) is 5.10 Å². The second-order valence-corrected chi connectivity index (χ2v) is 6.78. The Labute approximate surface area is 135 Å². The number of aliphatic hydroxyl groups is 1. The van der Waals surface area contributed by atoms with Crippen molar-refractivity contribution in [3.05, 3.63) is 29.2 Å². The first kappa shape index (κ1) is 15.9. The minimum atomic E-state index is -0.842. The van der Waals surface area contributed by atoms with Crippen LogP contribution in [0, 0.1) is 13.8 Å². The molecule has 3 rings (SSSR count). The number of rotatable bonds is 3. The Balaban J connectivity index is 1.84. The number of carbonyl (C=O) groups is 1. The third-order valence-electron chi connectivity index (χ3n) is 4.18. The maximum absolute atomic E-state index is 12.7. The van der Waals surface area contributed by atoms with E-state index < -0.39 is 5.60 Å². The van der Waals surface area contributed by atoms with Crippen LogP contribution in [0.1, 0.15) is 28.3 Å². The summed E-state index contributed by atoms with van der Waals surface area (Å²) in [5.41, 5.74) is 1.98. The summed E-state index contributed by atoms with van der Waals surface area (Å²) in [5.74, 6) is -0.135. The van der Waals surface area contributed by atoms with E-state index in [1.807, 2.05) is 38.9 Å². The van der Waals surface area contributed by atoms with Crippen LogP contribution >= 0.6 is 0 Å². The lowest BCUT2D eigenvalue weighted by atomic mass is 10.0. The summed E-state index contributed by atoms with van der Waals surface area (Å²) < 4.78 is 1.73. The lowest BCUT2D eigenvalue weighted by molar-refractivity contribution is 0.0235. The number of likely N-dealkylation sites (tertiary alicyclic amines) is 1. The van der Waals surface area contributed by atoms with Crippen LogP contribution in [0.2, 0.25) is 0 Å². The van der Waals surface area contributed by atoms with Crippen molar-refractivity contribution in [2.24, 2.45) is 0 Å². The summed E-state index contributed by atoms with van der Waals surface area (Å²) in [6.07, 6.45) is 0.587. The number of hydrogen-bond donors (Lipinski definition) is 1. The molecule has 7 nitrogen and oxygen atoms in total. The van der Waals surface area contributed by atoms with Gasteiger partial charge in [-0.05, 0) is 40.4 Å². The number of likely N-dealkylation sites (N-methyl/N-ethyl adjacent to an activating group) is 1. The zero-order valence-corrected chi connectivity index (χ0v) is 14.1. The monoisotopic (exact) mass is 317 g/mol. The van der Waals surface area contributed by atoms with E-state index in [1.54, 1.807) is 15.5 Å². The van der Waals surface area contributed by atoms with Crippen LogP contribution in [-0.4, -0.2) is 74.7 Å². The number of aryl methyl sites for hydroxylation is 2. The van der Waals surface area contributed by atoms with Crippen molar-refractivity contribution >= 4 is 11.6 Å². The van der Waals surface area contributed by atoms with Crippen molar-refractivity contribution in [2.45, 2.75) is 25.9 Å². The molecule has 1 amide bonds. The molecule has 1 aliphatic rings. The Hall–Kier alpha value is -1.99. The molecule has 0 saturated carbocycles.